The number of anilines is 2. The van der Waals surface area contributed by atoms with E-state index in [9.17, 15) is 24.5 Å². The van der Waals surface area contributed by atoms with Crippen molar-refractivity contribution in [3.05, 3.63) is 52.6 Å². The summed E-state index contributed by atoms with van der Waals surface area (Å²) in [6.45, 7) is 2.31. The molecule has 4 rings (SSSR count). The number of esters is 1. The lowest BCUT2D eigenvalue weighted by molar-refractivity contribution is -0.383. The van der Waals surface area contributed by atoms with E-state index in [-0.39, 0.29) is 30.2 Å². The van der Waals surface area contributed by atoms with Gasteiger partial charge in [-0.15, -0.1) is 0 Å². The molecule has 172 valence electrons. The number of fused-ring (bicyclic) bond motifs is 1. The number of nitro benzene ring substituents is 1. The SMILES string of the molecule is C[C@@H](OC(=O)[C@@H]1CC(=O)N(c2ccc3c(c2)OCCO3)C1)C(=O)Nc1ccccc1[N+](=O)[O-]. The molecule has 2 aliphatic rings. The van der Waals surface area contributed by atoms with Crippen LogP contribution in [0, 0.1) is 16.0 Å². The van der Waals surface area contributed by atoms with Crippen LogP contribution >= 0.6 is 0 Å². The summed E-state index contributed by atoms with van der Waals surface area (Å²) in [7, 11) is 0. The van der Waals surface area contributed by atoms with Crippen molar-refractivity contribution in [1.29, 1.82) is 0 Å². The van der Waals surface area contributed by atoms with Crippen LogP contribution in [0.3, 0.4) is 0 Å². The first-order valence-corrected chi connectivity index (χ1v) is 10.3. The topological polar surface area (TPSA) is 137 Å². The molecule has 0 aliphatic carbocycles. The number of benzene rings is 2. The Morgan fingerprint density at radius 2 is 1.91 bits per heavy atom. The van der Waals surface area contributed by atoms with Crippen molar-refractivity contribution < 1.29 is 33.5 Å². The Hall–Kier alpha value is -4.15. The zero-order chi connectivity index (χ0) is 23.5. The zero-order valence-corrected chi connectivity index (χ0v) is 17.7. The minimum atomic E-state index is -1.21. The van der Waals surface area contributed by atoms with E-state index in [1.807, 2.05) is 0 Å². The number of rotatable bonds is 6. The second-order valence-electron chi connectivity index (χ2n) is 7.58. The van der Waals surface area contributed by atoms with E-state index in [0.29, 0.717) is 30.4 Å². The van der Waals surface area contributed by atoms with Gasteiger partial charge in [-0.25, -0.2) is 0 Å². The summed E-state index contributed by atoms with van der Waals surface area (Å²) in [4.78, 5) is 49.5. The Morgan fingerprint density at radius 3 is 2.67 bits per heavy atom. The number of amides is 2. The number of para-hydroxylation sites is 2. The molecule has 1 fully saturated rings. The molecule has 0 unspecified atom stereocenters. The second-order valence-corrected chi connectivity index (χ2v) is 7.58. The number of carbonyl (C=O) groups is 3. The van der Waals surface area contributed by atoms with Crippen molar-refractivity contribution in [2.45, 2.75) is 19.4 Å². The van der Waals surface area contributed by atoms with Crippen LogP contribution < -0.4 is 19.7 Å². The van der Waals surface area contributed by atoms with Gasteiger partial charge in [-0.1, -0.05) is 12.1 Å². The van der Waals surface area contributed by atoms with Crippen LogP contribution in [0.25, 0.3) is 0 Å². The number of hydrogen-bond donors (Lipinski definition) is 1. The van der Waals surface area contributed by atoms with Gasteiger partial charge in [0.05, 0.1) is 10.8 Å². The third kappa shape index (κ3) is 4.71. The molecule has 33 heavy (non-hydrogen) atoms. The molecule has 0 spiro atoms. The van der Waals surface area contributed by atoms with Gasteiger partial charge < -0.3 is 24.4 Å². The highest BCUT2D eigenvalue weighted by Gasteiger charge is 2.38. The standard InChI is InChI=1S/C22H21N3O8/c1-13(21(27)23-16-4-2-3-5-17(16)25(29)30)33-22(28)14-10-20(26)24(12-14)15-6-7-18-19(11-15)32-9-8-31-18/h2-7,11,13-14H,8-10,12H2,1H3,(H,23,27)/t13-,14-/m1/s1. The van der Waals surface area contributed by atoms with E-state index in [0.717, 1.165) is 0 Å². The van der Waals surface area contributed by atoms with Gasteiger partial charge in [-0.3, -0.25) is 24.5 Å². The fourth-order valence-corrected chi connectivity index (χ4v) is 3.61. The number of carbonyl (C=O) groups excluding carboxylic acids is 3. The summed E-state index contributed by atoms with van der Waals surface area (Å²) in [5.74, 6) is -1.32. The Balaban J connectivity index is 1.37. The number of ether oxygens (including phenoxy) is 3. The van der Waals surface area contributed by atoms with Crippen LogP contribution in [0.15, 0.2) is 42.5 Å². The molecular weight excluding hydrogens is 434 g/mol. The predicted octanol–water partition coefficient (Wildman–Crippen LogP) is 2.29. The van der Waals surface area contributed by atoms with E-state index in [1.165, 1.54) is 36.1 Å². The minimum absolute atomic E-state index is 0.00349. The molecule has 0 saturated carbocycles. The van der Waals surface area contributed by atoms with E-state index in [2.05, 4.69) is 5.32 Å². The van der Waals surface area contributed by atoms with Gasteiger partial charge in [-0.2, -0.15) is 0 Å². The average Bonchev–Trinajstić information content (AvgIpc) is 3.20. The van der Waals surface area contributed by atoms with Crippen LogP contribution in [0.2, 0.25) is 0 Å². The molecule has 2 aromatic carbocycles. The maximum atomic E-state index is 12.6. The minimum Gasteiger partial charge on any atom is -0.486 e. The molecule has 0 bridgehead atoms. The molecule has 1 saturated heterocycles. The quantitative estimate of drug-likeness (QED) is 0.398. The molecule has 2 aromatic rings. The molecule has 2 amide bonds. The summed E-state index contributed by atoms with van der Waals surface area (Å²) in [5, 5.41) is 13.5. The number of nitrogens with zero attached hydrogens (tertiary/aromatic N) is 2. The first kappa shape index (κ1) is 22.1. The molecule has 2 aliphatic heterocycles. The van der Waals surface area contributed by atoms with E-state index in [4.69, 9.17) is 14.2 Å². The maximum Gasteiger partial charge on any atom is 0.312 e. The Labute approximate surface area is 188 Å². The van der Waals surface area contributed by atoms with Crippen molar-refractivity contribution in [3.63, 3.8) is 0 Å². The molecule has 0 aromatic heterocycles. The molecule has 11 heteroatoms. The Morgan fingerprint density at radius 1 is 1.18 bits per heavy atom. The lowest BCUT2D eigenvalue weighted by Crippen LogP contribution is -2.33. The Bertz CT molecular complexity index is 1120. The van der Waals surface area contributed by atoms with Gasteiger partial charge in [0.1, 0.15) is 18.9 Å². The predicted molar refractivity (Wildman–Crippen MR) is 115 cm³/mol. The van der Waals surface area contributed by atoms with Crippen LogP contribution in [0.5, 0.6) is 11.5 Å². The van der Waals surface area contributed by atoms with Gasteiger partial charge in [0.2, 0.25) is 5.91 Å². The summed E-state index contributed by atoms with van der Waals surface area (Å²) in [5.41, 5.74) is 0.291. The van der Waals surface area contributed by atoms with Crippen molar-refractivity contribution in [3.8, 4) is 11.5 Å². The summed E-state index contributed by atoms with van der Waals surface area (Å²) in [6.07, 6.45) is -1.28. The zero-order valence-electron chi connectivity index (χ0n) is 17.7. The van der Waals surface area contributed by atoms with Gasteiger partial charge in [0, 0.05) is 30.8 Å². The average molecular weight is 455 g/mol. The lowest BCUT2D eigenvalue weighted by Gasteiger charge is -2.22. The monoisotopic (exact) mass is 455 g/mol. The molecule has 2 heterocycles. The van der Waals surface area contributed by atoms with Crippen LogP contribution in [-0.4, -0.2) is 48.6 Å². The largest absolute Gasteiger partial charge is 0.486 e. The maximum absolute atomic E-state index is 12.6. The van der Waals surface area contributed by atoms with Crippen molar-refractivity contribution in [2.75, 3.05) is 30.0 Å². The molecular formula is C22H21N3O8. The van der Waals surface area contributed by atoms with Gasteiger partial charge in [-0.05, 0) is 25.1 Å². The van der Waals surface area contributed by atoms with Gasteiger partial charge in [0.15, 0.2) is 17.6 Å². The number of nitro groups is 1. The molecule has 2 atom stereocenters. The summed E-state index contributed by atoms with van der Waals surface area (Å²) >= 11 is 0. The van der Waals surface area contributed by atoms with E-state index < -0.39 is 28.8 Å². The van der Waals surface area contributed by atoms with Crippen LogP contribution in [0.4, 0.5) is 17.1 Å². The first-order chi connectivity index (χ1) is 15.8. The molecule has 1 N–H and O–H groups in total. The molecule has 0 radical (unpaired) electrons. The summed E-state index contributed by atoms with van der Waals surface area (Å²) in [6, 6.07) is 10.7. The lowest BCUT2D eigenvalue weighted by atomic mass is 10.1. The van der Waals surface area contributed by atoms with Crippen LogP contribution in [-0.2, 0) is 19.1 Å². The second kappa shape index (κ2) is 9.15. The van der Waals surface area contributed by atoms with Gasteiger partial charge in [0.25, 0.3) is 11.6 Å². The van der Waals surface area contributed by atoms with Crippen LogP contribution in [0.1, 0.15) is 13.3 Å². The van der Waals surface area contributed by atoms with E-state index >= 15 is 0 Å². The summed E-state index contributed by atoms with van der Waals surface area (Å²) < 4.78 is 16.3. The highest BCUT2D eigenvalue weighted by molar-refractivity contribution is 6.01. The fraction of sp³-hybridized carbons (Fsp3) is 0.318. The highest BCUT2D eigenvalue weighted by Crippen LogP contribution is 2.36. The van der Waals surface area contributed by atoms with Crippen molar-refractivity contribution >= 4 is 34.8 Å². The third-order valence-electron chi connectivity index (χ3n) is 5.32. The smallest absolute Gasteiger partial charge is 0.312 e. The van der Waals surface area contributed by atoms with E-state index in [1.54, 1.807) is 18.2 Å². The van der Waals surface area contributed by atoms with Crippen molar-refractivity contribution in [2.24, 2.45) is 5.92 Å². The van der Waals surface area contributed by atoms with Crippen molar-refractivity contribution in [1.82, 2.24) is 0 Å². The first-order valence-electron chi connectivity index (χ1n) is 10.3. The van der Waals surface area contributed by atoms with Gasteiger partial charge >= 0.3 is 5.97 Å². The third-order valence-corrected chi connectivity index (χ3v) is 5.32. The number of hydrogen-bond acceptors (Lipinski definition) is 8. The highest BCUT2D eigenvalue weighted by atomic mass is 16.6. The molecule has 11 nitrogen and oxygen atoms in total. The normalized spacial score (nSPS) is 17.9. The Kier molecular flexibility index (Phi) is 6.11. The fourth-order valence-electron chi connectivity index (χ4n) is 3.61. The number of nitrogens with one attached hydrogen (secondary N) is 1.